The fourth-order valence-corrected chi connectivity index (χ4v) is 3.22. The highest BCUT2D eigenvalue weighted by molar-refractivity contribution is 14.0. The van der Waals surface area contributed by atoms with Crippen LogP contribution in [0.2, 0.25) is 0 Å². The SMILES string of the molecule is CCOC(=O)NC(CNC(=NC)N1CCN(c2ncccn2)CC1)CC(C)C.I. The topological polar surface area (TPSA) is 95.0 Å². The number of piperazine rings is 1. The van der Waals surface area contributed by atoms with Crippen molar-refractivity contribution in [2.75, 3.05) is 51.3 Å². The number of aromatic nitrogens is 2. The number of ether oxygens (including phenoxy) is 1. The average Bonchev–Trinajstić information content (AvgIpc) is 2.69. The number of guanidine groups is 1. The number of rotatable bonds is 7. The standard InChI is InChI=1S/C19H33N7O2.HI/c1-5-28-19(27)24-16(13-15(2)3)14-23-17(20-4)25-9-11-26(12-10-25)18-21-7-6-8-22-18;/h6-8,15-16H,5,9-14H2,1-4H3,(H,20,23)(H,24,27);1H. The number of hydrogen-bond donors (Lipinski definition) is 2. The lowest BCUT2D eigenvalue weighted by Gasteiger charge is -2.36. The molecular formula is C19H34IN7O2. The van der Waals surface area contributed by atoms with Crippen LogP contribution in [0, 0.1) is 5.92 Å². The zero-order valence-electron chi connectivity index (χ0n) is 17.8. The van der Waals surface area contributed by atoms with E-state index in [1.807, 2.05) is 6.07 Å². The Hall–Kier alpha value is -1.85. The van der Waals surface area contributed by atoms with E-state index in [4.69, 9.17) is 4.74 Å². The van der Waals surface area contributed by atoms with Crippen molar-refractivity contribution in [1.29, 1.82) is 0 Å². The first-order chi connectivity index (χ1) is 13.5. The maximum atomic E-state index is 11.8. The van der Waals surface area contributed by atoms with Gasteiger partial charge in [-0.1, -0.05) is 13.8 Å². The molecule has 0 spiro atoms. The van der Waals surface area contributed by atoms with Crippen molar-refractivity contribution < 1.29 is 9.53 Å². The number of carbonyl (C=O) groups is 1. The number of hydrogen-bond acceptors (Lipinski definition) is 6. The summed E-state index contributed by atoms with van der Waals surface area (Å²) in [4.78, 5) is 29.3. The molecule has 1 aromatic heterocycles. The highest BCUT2D eigenvalue weighted by Crippen LogP contribution is 2.10. The summed E-state index contributed by atoms with van der Waals surface area (Å²) in [6, 6.07) is 1.80. The van der Waals surface area contributed by atoms with Crippen molar-refractivity contribution in [2.24, 2.45) is 10.9 Å². The van der Waals surface area contributed by atoms with E-state index in [-0.39, 0.29) is 36.1 Å². The van der Waals surface area contributed by atoms with Gasteiger partial charge in [-0.3, -0.25) is 4.99 Å². The minimum atomic E-state index is -0.374. The Morgan fingerprint density at radius 2 is 1.90 bits per heavy atom. The van der Waals surface area contributed by atoms with Gasteiger partial charge in [0.1, 0.15) is 0 Å². The maximum Gasteiger partial charge on any atom is 0.407 e. The first-order valence-corrected chi connectivity index (χ1v) is 9.94. The third kappa shape index (κ3) is 8.58. The number of nitrogens with zero attached hydrogens (tertiary/aromatic N) is 5. The second-order valence-corrected chi connectivity index (χ2v) is 7.14. The van der Waals surface area contributed by atoms with Crippen LogP contribution in [-0.2, 0) is 4.74 Å². The highest BCUT2D eigenvalue weighted by Gasteiger charge is 2.22. The fourth-order valence-electron chi connectivity index (χ4n) is 3.22. The molecule has 1 unspecified atom stereocenters. The summed E-state index contributed by atoms with van der Waals surface area (Å²) in [6.45, 7) is 10.4. The highest BCUT2D eigenvalue weighted by atomic mass is 127. The molecule has 0 aliphatic carbocycles. The molecule has 1 aliphatic rings. The summed E-state index contributed by atoms with van der Waals surface area (Å²) < 4.78 is 5.02. The monoisotopic (exact) mass is 519 g/mol. The van der Waals surface area contributed by atoms with Crippen LogP contribution in [0.5, 0.6) is 0 Å². The van der Waals surface area contributed by atoms with E-state index in [0.29, 0.717) is 19.1 Å². The fraction of sp³-hybridized carbons (Fsp3) is 0.684. The van der Waals surface area contributed by atoms with Crippen LogP contribution in [0.15, 0.2) is 23.5 Å². The molecule has 0 aromatic carbocycles. The number of nitrogens with one attached hydrogen (secondary N) is 2. The summed E-state index contributed by atoms with van der Waals surface area (Å²) in [5.41, 5.74) is 0. The van der Waals surface area contributed by atoms with Gasteiger partial charge in [-0.2, -0.15) is 0 Å². The van der Waals surface area contributed by atoms with E-state index < -0.39 is 0 Å². The molecule has 29 heavy (non-hydrogen) atoms. The predicted molar refractivity (Wildman–Crippen MR) is 126 cm³/mol. The molecule has 2 rings (SSSR count). The molecular weight excluding hydrogens is 485 g/mol. The van der Waals surface area contributed by atoms with E-state index >= 15 is 0 Å². The van der Waals surface area contributed by atoms with Crippen LogP contribution < -0.4 is 15.5 Å². The number of alkyl carbamates (subject to hydrolysis) is 1. The molecule has 1 aliphatic heterocycles. The lowest BCUT2D eigenvalue weighted by Crippen LogP contribution is -2.55. The van der Waals surface area contributed by atoms with Crippen molar-refractivity contribution in [2.45, 2.75) is 33.2 Å². The van der Waals surface area contributed by atoms with E-state index in [9.17, 15) is 4.79 Å². The molecule has 2 N–H and O–H groups in total. The van der Waals surface area contributed by atoms with Crippen molar-refractivity contribution in [3.05, 3.63) is 18.5 Å². The largest absolute Gasteiger partial charge is 0.450 e. The molecule has 164 valence electrons. The van der Waals surface area contributed by atoms with Crippen molar-refractivity contribution in [3.63, 3.8) is 0 Å². The van der Waals surface area contributed by atoms with E-state index in [1.54, 1.807) is 26.4 Å². The van der Waals surface area contributed by atoms with Crippen LogP contribution in [0.3, 0.4) is 0 Å². The molecule has 1 amide bonds. The lowest BCUT2D eigenvalue weighted by molar-refractivity contribution is 0.146. The molecule has 1 fully saturated rings. The third-order valence-electron chi connectivity index (χ3n) is 4.49. The first kappa shape index (κ1) is 25.2. The van der Waals surface area contributed by atoms with Gasteiger partial charge in [0, 0.05) is 58.2 Å². The molecule has 2 heterocycles. The Kier molecular flexibility index (Phi) is 11.6. The van der Waals surface area contributed by atoms with Gasteiger partial charge >= 0.3 is 6.09 Å². The number of amides is 1. The van der Waals surface area contributed by atoms with Gasteiger partial charge in [-0.15, -0.1) is 24.0 Å². The van der Waals surface area contributed by atoms with E-state index in [0.717, 1.165) is 44.5 Å². The van der Waals surface area contributed by atoms with Gasteiger partial charge in [0.25, 0.3) is 0 Å². The van der Waals surface area contributed by atoms with Gasteiger partial charge < -0.3 is 25.2 Å². The van der Waals surface area contributed by atoms with Crippen LogP contribution in [-0.4, -0.2) is 79.3 Å². The number of aliphatic imine (C=N–C) groups is 1. The normalized spacial score (nSPS) is 15.6. The molecule has 1 aromatic rings. The van der Waals surface area contributed by atoms with Gasteiger partial charge in [-0.05, 0) is 25.3 Å². The van der Waals surface area contributed by atoms with E-state index in [1.165, 1.54) is 0 Å². The maximum absolute atomic E-state index is 11.8. The minimum Gasteiger partial charge on any atom is -0.450 e. The van der Waals surface area contributed by atoms with Crippen LogP contribution in [0.25, 0.3) is 0 Å². The Labute approximate surface area is 190 Å². The zero-order valence-corrected chi connectivity index (χ0v) is 20.1. The third-order valence-corrected chi connectivity index (χ3v) is 4.49. The Morgan fingerprint density at radius 3 is 2.45 bits per heavy atom. The molecule has 1 atom stereocenters. The van der Waals surface area contributed by atoms with Crippen molar-refractivity contribution >= 4 is 42.0 Å². The van der Waals surface area contributed by atoms with Gasteiger partial charge in [0.05, 0.1) is 6.61 Å². The molecule has 9 nitrogen and oxygen atoms in total. The van der Waals surface area contributed by atoms with Crippen LogP contribution >= 0.6 is 24.0 Å². The summed E-state index contributed by atoms with van der Waals surface area (Å²) >= 11 is 0. The smallest absolute Gasteiger partial charge is 0.407 e. The Morgan fingerprint density at radius 1 is 1.24 bits per heavy atom. The molecule has 0 bridgehead atoms. The van der Waals surface area contributed by atoms with Crippen LogP contribution in [0.1, 0.15) is 27.2 Å². The predicted octanol–water partition coefficient (Wildman–Crippen LogP) is 1.95. The molecule has 10 heteroatoms. The summed E-state index contributed by atoms with van der Waals surface area (Å²) in [7, 11) is 1.78. The van der Waals surface area contributed by atoms with Crippen molar-refractivity contribution in [1.82, 2.24) is 25.5 Å². The quantitative estimate of drug-likeness (QED) is 0.323. The lowest BCUT2D eigenvalue weighted by atomic mass is 10.0. The first-order valence-electron chi connectivity index (χ1n) is 9.94. The number of anilines is 1. The number of carbonyl (C=O) groups excluding carboxylic acids is 1. The minimum absolute atomic E-state index is 0. The summed E-state index contributed by atoms with van der Waals surface area (Å²) in [5, 5.41) is 6.34. The van der Waals surface area contributed by atoms with Gasteiger partial charge in [0.2, 0.25) is 5.95 Å². The van der Waals surface area contributed by atoms with Gasteiger partial charge in [0.15, 0.2) is 5.96 Å². The molecule has 0 saturated carbocycles. The van der Waals surface area contributed by atoms with Gasteiger partial charge in [-0.25, -0.2) is 14.8 Å². The van der Waals surface area contributed by atoms with Crippen molar-refractivity contribution in [3.8, 4) is 0 Å². The second kappa shape index (κ2) is 13.4. The average molecular weight is 519 g/mol. The summed E-state index contributed by atoms with van der Waals surface area (Å²) in [6.07, 6.45) is 4.02. The Bertz CT molecular complexity index is 622. The zero-order chi connectivity index (χ0) is 20.4. The molecule has 1 saturated heterocycles. The molecule has 0 radical (unpaired) electrons. The van der Waals surface area contributed by atoms with Crippen LogP contribution in [0.4, 0.5) is 10.7 Å². The number of halogens is 1. The van der Waals surface area contributed by atoms with E-state index in [2.05, 4.69) is 49.2 Å². The second-order valence-electron chi connectivity index (χ2n) is 7.14. The Balaban J connectivity index is 0.00000420. The summed E-state index contributed by atoms with van der Waals surface area (Å²) in [5.74, 6) is 2.07.